The first-order chi connectivity index (χ1) is 12.0. The Hall–Kier alpha value is -2.06. The molecule has 2 N–H and O–H groups in total. The van der Waals surface area contributed by atoms with E-state index in [-0.39, 0.29) is 6.42 Å². The van der Waals surface area contributed by atoms with E-state index in [9.17, 15) is 9.59 Å². The molecule has 1 aromatic carbocycles. The minimum atomic E-state index is -0.403. The van der Waals surface area contributed by atoms with Crippen LogP contribution in [0.3, 0.4) is 0 Å². The molecular weight excluding hydrogens is 358 g/mol. The number of benzene rings is 1. The number of anilines is 2. The van der Waals surface area contributed by atoms with E-state index in [4.69, 9.17) is 4.74 Å². The lowest BCUT2D eigenvalue weighted by Crippen LogP contribution is -2.21. The van der Waals surface area contributed by atoms with Crippen LogP contribution in [0.5, 0.6) is 5.75 Å². The maximum atomic E-state index is 12.1. The van der Waals surface area contributed by atoms with Gasteiger partial charge in [-0.05, 0) is 24.3 Å². The molecule has 0 saturated heterocycles. The zero-order valence-electron chi connectivity index (χ0n) is 14.4. The number of nitrogens with one attached hydrogen (secondary N) is 2. The lowest BCUT2D eigenvalue weighted by Gasteiger charge is -2.13. The molecule has 0 unspecified atom stereocenters. The Morgan fingerprint density at radius 1 is 1.24 bits per heavy atom. The Bertz CT molecular complexity index is 731. The number of thioether (sulfide) groups is 1. The molecule has 0 aliphatic carbocycles. The van der Waals surface area contributed by atoms with Gasteiger partial charge < -0.3 is 15.4 Å². The Morgan fingerprint density at radius 2 is 1.96 bits per heavy atom. The smallest absolute Gasteiger partial charge is 0.235 e. The molecule has 2 amide bonds. The molecule has 0 saturated carbocycles. The van der Waals surface area contributed by atoms with Crippen molar-refractivity contribution in [2.24, 2.45) is 5.92 Å². The number of hydrogen-bond donors (Lipinski definition) is 2. The number of rotatable bonds is 8. The van der Waals surface area contributed by atoms with E-state index in [0.717, 1.165) is 4.21 Å². The largest absolute Gasteiger partial charge is 0.491 e. The Labute approximate surface area is 155 Å². The maximum absolute atomic E-state index is 12.1. The molecule has 2 aromatic rings. The first kappa shape index (κ1) is 19.3. The van der Waals surface area contributed by atoms with Gasteiger partial charge >= 0.3 is 0 Å². The van der Waals surface area contributed by atoms with E-state index in [1.807, 2.05) is 26.2 Å². The molecule has 1 heterocycles. The first-order valence-electron chi connectivity index (χ1n) is 7.79. The molecule has 0 radical (unpaired) electrons. The van der Waals surface area contributed by atoms with Crippen molar-refractivity contribution in [3.63, 3.8) is 0 Å². The highest BCUT2D eigenvalue weighted by Crippen LogP contribution is 2.26. The highest BCUT2D eigenvalue weighted by molar-refractivity contribution is 8.00. The van der Waals surface area contributed by atoms with Crippen molar-refractivity contribution in [2.75, 3.05) is 23.5 Å². The number of carbonyl (C=O) groups excluding carboxylic acids is 2. The van der Waals surface area contributed by atoms with Gasteiger partial charge in [-0.15, -0.1) is 11.8 Å². The third-order valence-corrected chi connectivity index (χ3v) is 4.95. The quantitative estimate of drug-likeness (QED) is 0.538. The van der Waals surface area contributed by atoms with Crippen LogP contribution in [-0.4, -0.2) is 29.7 Å². The van der Waals surface area contributed by atoms with Gasteiger partial charge in [0.25, 0.3) is 0 Å². The summed E-state index contributed by atoms with van der Waals surface area (Å²) in [4.78, 5) is 28.2. The number of amides is 2. The monoisotopic (exact) mass is 379 g/mol. The number of thiazole rings is 1. The van der Waals surface area contributed by atoms with E-state index in [1.165, 1.54) is 11.3 Å². The van der Waals surface area contributed by atoms with Gasteiger partial charge in [-0.2, -0.15) is 0 Å². The normalized spacial score (nSPS) is 10.6. The minimum absolute atomic E-state index is 0.285. The van der Waals surface area contributed by atoms with Crippen LogP contribution in [0.2, 0.25) is 0 Å². The van der Waals surface area contributed by atoms with Crippen LogP contribution < -0.4 is 15.4 Å². The van der Waals surface area contributed by atoms with Crippen LogP contribution in [0, 0.1) is 5.92 Å². The topological polar surface area (TPSA) is 80.3 Å². The molecule has 8 heteroatoms. The Morgan fingerprint density at radius 3 is 2.64 bits per heavy atom. The van der Waals surface area contributed by atoms with Crippen LogP contribution in [0.25, 0.3) is 0 Å². The van der Waals surface area contributed by atoms with Crippen molar-refractivity contribution < 1.29 is 14.3 Å². The fourth-order valence-electron chi connectivity index (χ4n) is 1.87. The third-order valence-electron chi connectivity index (χ3n) is 2.99. The predicted molar refractivity (Wildman–Crippen MR) is 103 cm³/mol. The van der Waals surface area contributed by atoms with Crippen LogP contribution in [0.4, 0.5) is 10.8 Å². The molecule has 1 aromatic heterocycles. The van der Waals surface area contributed by atoms with Gasteiger partial charge in [-0.3, -0.25) is 9.59 Å². The van der Waals surface area contributed by atoms with Crippen LogP contribution in [0.15, 0.2) is 34.7 Å². The second-order valence-corrected chi connectivity index (χ2v) is 7.80. The summed E-state index contributed by atoms with van der Waals surface area (Å²) in [5.74, 6) is 0.160. The van der Waals surface area contributed by atoms with E-state index in [1.54, 1.807) is 36.2 Å². The number of aromatic nitrogens is 1. The summed E-state index contributed by atoms with van der Waals surface area (Å²) in [6, 6.07) is 7.18. The maximum Gasteiger partial charge on any atom is 0.235 e. The number of carbonyl (C=O) groups is 2. The average molecular weight is 380 g/mol. The molecule has 0 aliphatic rings. The van der Waals surface area contributed by atoms with Crippen molar-refractivity contribution in [1.29, 1.82) is 0 Å². The minimum Gasteiger partial charge on any atom is -0.491 e. The third kappa shape index (κ3) is 6.39. The van der Waals surface area contributed by atoms with Gasteiger partial charge in [0.05, 0.1) is 22.7 Å². The van der Waals surface area contributed by atoms with E-state index >= 15 is 0 Å². The van der Waals surface area contributed by atoms with E-state index in [0.29, 0.717) is 29.1 Å². The molecule has 6 nitrogen and oxygen atoms in total. The first-order valence-corrected chi connectivity index (χ1v) is 9.83. The van der Waals surface area contributed by atoms with Crippen LogP contribution >= 0.6 is 23.1 Å². The van der Waals surface area contributed by atoms with Crippen molar-refractivity contribution in [1.82, 2.24) is 4.98 Å². The molecule has 0 spiro atoms. The Balaban J connectivity index is 1.90. The van der Waals surface area contributed by atoms with Gasteiger partial charge in [0.2, 0.25) is 11.8 Å². The molecule has 25 heavy (non-hydrogen) atoms. The number of para-hydroxylation sites is 2. The predicted octanol–water partition coefficient (Wildman–Crippen LogP) is 3.87. The Kier molecular flexibility index (Phi) is 7.27. The highest BCUT2D eigenvalue weighted by Gasteiger charge is 2.14. The summed E-state index contributed by atoms with van der Waals surface area (Å²) in [5.41, 5.74) is 0.555. The summed E-state index contributed by atoms with van der Waals surface area (Å²) in [6.07, 6.45) is 3.34. The van der Waals surface area contributed by atoms with Crippen molar-refractivity contribution >= 4 is 45.7 Å². The van der Waals surface area contributed by atoms with Gasteiger partial charge in [0.1, 0.15) is 12.2 Å². The molecule has 0 bridgehead atoms. The zero-order chi connectivity index (χ0) is 18.2. The van der Waals surface area contributed by atoms with Gasteiger partial charge in [-0.25, -0.2) is 4.98 Å². The van der Waals surface area contributed by atoms with E-state index in [2.05, 4.69) is 15.6 Å². The van der Waals surface area contributed by atoms with Crippen molar-refractivity contribution in [2.45, 2.75) is 24.5 Å². The van der Waals surface area contributed by atoms with Crippen molar-refractivity contribution in [3.05, 3.63) is 30.5 Å². The molecule has 134 valence electrons. The van der Waals surface area contributed by atoms with E-state index < -0.39 is 11.8 Å². The number of nitrogens with zero attached hydrogens (tertiary/aromatic N) is 1. The van der Waals surface area contributed by atoms with Crippen LogP contribution in [0.1, 0.15) is 20.3 Å². The summed E-state index contributed by atoms with van der Waals surface area (Å²) in [5, 5.41) is 5.84. The standard InChI is InChI=1S/C17H21N3O3S2/c1-11(2)10-23-13-7-5-4-6-12(13)19-14(21)8-15(22)20-17-18-9-16(24-3)25-17/h4-7,9,11H,8,10H2,1-3H3,(H,19,21)(H,18,20,22). The summed E-state index contributed by atoms with van der Waals surface area (Å²) >= 11 is 2.92. The van der Waals surface area contributed by atoms with Gasteiger partial charge in [-0.1, -0.05) is 37.3 Å². The lowest BCUT2D eigenvalue weighted by molar-refractivity contribution is -0.123. The number of ether oxygens (including phenoxy) is 1. The van der Waals surface area contributed by atoms with Crippen molar-refractivity contribution in [3.8, 4) is 5.75 Å². The average Bonchev–Trinajstić information content (AvgIpc) is 3.01. The second-order valence-electron chi connectivity index (χ2n) is 5.66. The summed E-state index contributed by atoms with van der Waals surface area (Å²) in [7, 11) is 0. The second kappa shape index (κ2) is 9.43. The molecule has 0 fully saturated rings. The summed E-state index contributed by atoms with van der Waals surface area (Å²) < 4.78 is 6.69. The van der Waals surface area contributed by atoms with Gasteiger partial charge in [0, 0.05) is 0 Å². The molecular formula is C17H21N3O3S2. The van der Waals surface area contributed by atoms with Gasteiger partial charge in [0.15, 0.2) is 5.13 Å². The lowest BCUT2D eigenvalue weighted by atomic mass is 10.2. The SMILES string of the molecule is CSc1cnc(NC(=O)CC(=O)Nc2ccccc2OCC(C)C)s1. The fourth-order valence-corrected chi connectivity index (χ4v) is 3.16. The zero-order valence-corrected chi connectivity index (χ0v) is 16.0. The summed E-state index contributed by atoms with van der Waals surface area (Å²) in [6.45, 7) is 4.65. The molecule has 0 aliphatic heterocycles. The molecule has 0 atom stereocenters. The fraction of sp³-hybridized carbons (Fsp3) is 0.353. The number of hydrogen-bond acceptors (Lipinski definition) is 6. The molecule has 2 rings (SSSR count). The highest BCUT2D eigenvalue weighted by atomic mass is 32.2. The van der Waals surface area contributed by atoms with Crippen LogP contribution in [-0.2, 0) is 9.59 Å².